The van der Waals surface area contributed by atoms with Crippen molar-refractivity contribution in [2.75, 3.05) is 6.26 Å². The quantitative estimate of drug-likeness (QED) is 0.842. The van der Waals surface area contributed by atoms with Crippen molar-refractivity contribution in [3.8, 4) is 0 Å². The van der Waals surface area contributed by atoms with Crippen molar-refractivity contribution in [2.24, 2.45) is 11.3 Å². The van der Waals surface area contributed by atoms with Gasteiger partial charge in [0, 0.05) is 12.6 Å². The van der Waals surface area contributed by atoms with Gasteiger partial charge >= 0.3 is 0 Å². The zero-order valence-electron chi connectivity index (χ0n) is 13.1. The highest BCUT2D eigenvalue weighted by atomic mass is 32.2. The lowest BCUT2D eigenvalue weighted by Crippen LogP contribution is -2.46. The zero-order chi connectivity index (χ0) is 16.1. The minimum absolute atomic E-state index is 0.141. The molecule has 1 heterocycles. The van der Waals surface area contributed by atoms with Gasteiger partial charge < -0.3 is 0 Å². The standard InChI is InChI=1S/C17H21NO3S/c1-17(2)9-14-16(15(19)10-17)13(11-18(14)22(3,20)21)12-7-5-4-6-8-12/h4-8,11,14,16H,9-10H2,1-3H3. The molecule has 0 bridgehead atoms. The molecule has 0 spiro atoms. The van der Waals surface area contributed by atoms with Crippen LogP contribution in [0.2, 0.25) is 0 Å². The molecule has 1 aliphatic heterocycles. The smallest absolute Gasteiger partial charge is 0.232 e. The molecule has 2 unspecified atom stereocenters. The molecule has 1 aromatic carbocycles. The second-order valence-corrected chi connectivity index (χ2v) is 8.99. The average molecular weight is 319 g/mol. The summed E-state index contributed by atoms with van der Waals surface area (Å²) in [6.45, 7) is 4.06. The number of hydrogen-bond donors (Lipinski definition) is 0. The molecule has 0 aromatic heterocycles. The Bertz CT molecular complexity index is 734. The molecule has 3 rings (SSSR count). The van der Waals surface area contributed by atoms with Crippen LogP contribution in [-0.4, -0.2) is 30.8 Å². The number of Topliss-reactive ketones (excluding diaryl/α,β-unsaturated/α-hetero) is 1. The summed E-state index contributed by atoms with van der Waals surface area (Å²) in [6.07, 6.45) is 4.07. The predicted molar refractivity (Wildman–Crippen MR) is 86.4 cm³/mol. The number of carbonyl (C=O) groups excluding carboxylic acids is 1. The second kappa shape index (κ2) is 4.95. The molecule has 1 saturated carbocycles. The van der Waals surface area contributed by atoms with E-state index in [0.717, 1.165) is 11.1 Å². The van der Waals surface area contributed by atoms with E-state index < -0.39 is 10.0 Å². The third-order valence-electron chi connectivity index (χ3n) is 4.56. The van der Waals surface area contributed by atoms with Crippen molar-refractivity contribution in [2.45, 2.75) is 32.7 Å². The highest BCUT2D eigenvalue weighted by Crippen LogP contribution is 2.48. The van der Waals surface area contributed by atoms with Gasteiger partial charge in [-0.25, -0.2) is 8.42 Å². The molecule has 1 aromatic rings. The molecule has 0 N–H and O–H groups in total. The molecule has 2 atom stereocenters. The van der Waals surface area contributed by atoms with E-state index >= 15 is 0 Å². The monoisotopic (exact) mass is 319 g/mol. The Morgan fingerprint density at radius 1 is 1.18 bits per heavy atom. The summed E-state index contributed by atoms with van der Waals surface area (Å²) in [6, 6.07) is 9.30. The van der Waals surface area contributed by atoms with Gasteiger partial charge in [0.15, 0.2) is 0 Å². The van der Waals surface area contributed by atoms with E-state index in [1.54, 1.807) is 6.20 Å². The van der Waals surface area contributed by atoms with E-state index in [9.17, 15) is 13.2 Å². The van der Waals surface area contributed by atoms with Crippen LogP contribution in [0.4, 0.5) is 0 Å². The first kappa shape index (κ1) is 15.3. The summed E-state index contributed by atoms with van der Waals surface area (Å²) in [4.78, 5) is 12.7. The van der Waals surface area contributed by atoms with E-state index in [-0.39, 0.29) is 23.2 Å². The largest absolute Gasteiger partial charge is 0.299 e. The normalized spacial score (nSPS) is 27.5. The van der Waals surface area contributed by atoms with Crippen LogP contribution in [0.15, 0.2) is 36.5 Å². The summed E-state index contributed by atoms with van der Waals surface area (Å²) in [5, 5.41) is 0. The molecule has 4 nitrogen and oxygen atoms in total. The van der Waals surface area contributed by atoms with Gasteiger partial charge in [-0.05, 0) is 23.0 Å². The fourth-order valence-corrected chi connectivity index (χ4v) is 4.70. The maximum atomic E-state index is 12.7. The van der Waals surface area contributed by atoms with Crippen molar-refractivity contribution in [1.82, 2.24) is 4.31 Å². The topological polar surface area (TPSA) is 54.5 Å². The first-order chi connectivity index (χ1) is 10.2. The van der Waals surface area contributed by atoms with Gasteiger partial charge in [-0.3, -0.25) is 9.10 Å². The van der Waals surface area contributed by atoms with Gasteiger partial charge in [-0.1, -0.05) is 44.2 Å². The predicted octanol–water partition coefficient (Wildman–Crippen LogP) is 2.68. The number of rotatable bonds is 2. The third-order valence-corrected chi connectivity index (χ3v) is 5.71. The number of nitrogens with zero attached hydrogens (tertiary/aromatic N) is 1. The van der Waals surface area contributed by atoms with Crippen molar-refractivity contribution in [1.29, 1.82) is 0 Å². The summed E-state index contributed by atoms with van der Waals surface area (Å²) >= 11 is 0. The van der Waals surface area contributed by atoms with Crippen LogP contribution in [0.1, 0.15) is 32.3 Å². The molecular formula is C17H21NO3S. The Kier molecular flexibility index (Phi) is 3.44. The van der Waals surface area contributed by atoms with E-state index in [1.807, 2.05) is 44.2 Å². The summed E-state index contributed by atoms with van der Waals surface area (Å²) < 4.78 is 25.7. The Morgan fingerprint density at radius 2 is 1.82 bits per heavy atom. The number of fused-ring (bicyclic) bond motifs is 1. The maximum Gasteiger partial charge on any atom is 0.232 e. The first-order valence-corrected chi connectivity index (χ1v) is 9.32. The SMILES string of the molecule is CC1(C)CC(=O)C2C(c3ccccc3)=CN(S(C)(=O)=O)C2C1. The molecular weight excluding hydrogens is 298 g/mol. The second-order valence-electron chi connectivity index (χ2n) is 7.10. The summed E-state index contributed by atoms with van der Waals surface area (Å²) in [7, 11) is -3.38. The Labute approximate surface area is 131 Å². The van der Waals surface area contributed by atoms with Crippen LogP contribution in [0.5, 0.6) is 0 Å². The van der Waals surface area contributed by atoms with Crippen LogP contribution in [0.25, 0.3) is 5.57 Å². The molecule has 1 aliphatic carbocycles. The number of ketones is 1. The number of hydrogen-bond acceptors (Lipinski definition) is 3. The Morgan fingerprint density at radius 3 is 2.41 bits per heavy atom. The molecule has 0 radical (unpaired) electrons. The van der Waals surface area contributed by atoms with Gasteiger partial charge in [0.2, 0.25) is 10.0 Å². The summed E-state index contributed by atoms with van der Waals surface area (Å²) in [5.41, 5.74) is 1.59. The highest BCUT2D eigenvalue weighted by molar-refractivity contribution is 7.88. The van der Waals surface area contributed by atoms with Gasteiger partial charge in [0.25, 0.3) is 0 Å². The van der Waals surface area contributed by atoms with Crippen molar-refractivity contribution in [3.63, 3.8) is 0 Å². The van der Waals surface area contributed by atoms with E-state index in [2.05, 4.69) is 0 Å². The van der Waals surface area contributed by atoms with Crippen molar-refractivity contribution >= 4 is 21.4 Å². The van der Waals surface area contributed by atoms with Crippen LogP contribution < -0.4 is 0 Å². The van der Waals surface area contributed by atoms with E-state index in [0.29, 0.717) is 12.8 Å². The third kappa shape index (κ3) is 2.58. The minimum Gasteiger partial charge on any atom is -0.299 e. The van der Waals surface area contributed by atoms with E-state index in [1.165, 1.54) is 10.6 Å². The van der Waals surface area contributed by atoms with Gasteiger partial charge in [0.05, 0.1) is 18.2 Å². The molecule has 118 valence electrons. The maximum absolute atomic E-state index is 12.7. The molecule has 5 heteroatoms. The van der Waals surface area contributed by atoms with Gasteiger partial charge in [0.1, 0.15) is 5.78 Å². The molecule has 0 amide bonds. The fraction of sp³-hybridized carbons (Fsp3) is 0.471. The lowest BCUT2D eigenvalue weighted by molar-refractivity contribution is -0.127. The zero-order valence-corrected chi connectivity index (χ0v) is 13.9. The van der Waals surface area contributed by atoms with Crippen molar-refractivity contribution < 1.29 is 13.2 Å². The first-order valence-electron chi connectivity index (χ1n) is 7.47. The van der Waals surface area contributed by atoms with Crippen LogP contribution in [-0.2, 0) is 14.8 Å². The van der Waals surface area contributed by atoms with Gasteiger partial charge in [-0.2, -0.15) is 0 Å². The lowest BCUT2D eigenvalue weighted by atomic mass is 9.68. The Balaban J connectivity index is 2.10. The fourth-order valence-electron chi connectivity index (χ4n) is 3.71. The number of carbonyl (C=O) groups is 1. The summed E-state index contributed by atoms with van der Waals surface area (Å²) in [5.74, 6) is -0.201. The van der Waals surface area contributed by atoms with Crippen LogP contribution >= 0.6 is 0 Å². The number of benzene rings is 1. The van der Waals surface area contributed by atoms with Crippen LogP contribution in [0.3, 0.4) is 0 Å². The van der Waals surface area contributed by atoms with Gasteiger partial charge in [-0.15, -0.1) is 0 Å². The number of sulfonamides is 1. The molecule has 2 aliphatic rings. The minimum atomic E-state index is -3.38. The lowest BCUT2D eigenvalue weighted by Gasteiger charge is -2.40. The van der Waals surface area contributed by atoms with E-state index in [4.69, 9.17) is 0 Å². The molecule has 0 saturated heterocycles. The van der Waals surface area contributed by atoms with Crippen molar-refractivity contribution in [3.05, 3.63) is 42.1 Å². The molecule has 1 fully saturated rings. The Hall–Kier alpha value is -1.62. The van der Waals surface area contributed by atoms with Crippen LogP contribution in [0, 0.1) is 11.3 Å². The highest BCUT2D eigenvalue weighted by Gasteiger charge is 2.50. The molecule has 22 heavy (non-hydrogen) atoms. The average Bonchev–Trinajstić information content (AvgIpc) is 2.77.